The summed E-state index contributed by atoms with van der Waals surface area (Å²) in [4.78, 5) is 14.4. The third-order valence-corrected chi connectivity index (χ3v) is 3.97. The molecule has 2 rings (SSSR count). The molecule has 4 nitrogen and oxygen atoms in total. The predicted molar refractivity (Wildman–Crippen MR) is 85.5 cm³/mol. The maximum Gasteiger partial charge on any atom is 0.258 e. The van der Waals surface area contributed by atoms with Crippen molar-refractivity contribution in [3.8, 4) is 0 Å². The van der Waals surface area contributed by atoms with Gasteiger partial charge in [-0.1, -0.05) is 26.0 Å². The number of benzene rings is 1. The molecule has 21 heavy (non-hydrogen) atoms. The second-order valence-corrected chi connectivity index (χ2v) is 5.58. The maximum atomic E-state index is 11.9. The predicted octanol–water partition coefficient (Wildman–Crippen LogP) is 2.99. The van der Waals surface area contributed by atoms with Crippen molar-refractivity contribution < 1.29 is 9.53 Å². The van der Waals surface area contributed by atoms with E-state index in [0.29, 0.717) is 0 Å². The van der Waals surface area contributed by atoms with Crippen LogP contribution in [0.15, 0.2) is 18.2 Å². The number of nitrogens with zero attached hydrogens (tertiary/aromatic N) is 1. The monoisotopic (exact) mass is 290 g/mol. The van der Waals surface area contributed by atoms with Gasteiger partial charge in [0.05, 0.1) is 0 Å². The fourth-order valence-corrected chi connectivity index (χ4v) is 3.05. The molecule has 0 unspecified atom stereocenters. The van der Waals surface area contributed by atoms with Crippen molar-refractivity contribution in [3.63, 3.8) is 0 Å². The molecule has 0 radical (unpaired) electrons. The van der Waals surface area contributed by atoms with E-state index in [1.54, 1.807) is 7.11 Å². The fraction of sp³-hybridized carbons (Fsp3) is 0.588. The topological polar surface area (TPSA) is 41.6 Å². The molecule has 1 N–H and O–H groups in total. The van der Waals surface area contributed by atoms with Crippen molar-refractivity contribution in [2.45, 2.75) is 39.2 Å². The number of carbonyl (C=O) groups excluding carboxylic acids is 1. The quantitative estimate of drug-likeness (QED) is 0.800. The van der Waals surface area contributed by atoms with Crippen LogP contribution in [-0.4, -0.2) is 37.6 Å². The first-order valence-electron chi connectivity index (χ1n) is 7.89. The van der Waals surface area contributed by atoms with Gasteiger partial charge >= 0.3 is 0 Å². The molecule has 0 bridgehead atoms. The van der Waals surface area contributed by atoms with Gasteiger partial charge < -0.3 is 15.0 Å². The van der Waals surface area contributed by atoms with Crippen LogP contribution < -0.4 is 5.32 Å². The summed E-state index contributed by atoms with van der Waals surface area (Å²) in [5.74, 6) is -0.0566. The molecular weight excluding hydrogens is 264 g/mol. The minimum Gasteiger partial charge on any atom is -0.367 e. The largest absolute Gasteiger partial charge is 0.367 e. The summed E-state index contributed by atoms with van der Waals surface area (Å²) in [5.41, 5.74) is 3.15. The Morgan fingerprint density at radius 1 is 1.19 bits per heavy atom. The lowest BCUT2D eigenvalue weighted by Crippen LogP contribution is -2.28. The molecular formula is C17H26N2O2. The highest BCUT2D eigenvalue weighted by atomic mass is 16.5. The van der Waals surface area contributed by atoms with E-state index in [-0.39, 0.29) is 5.91 Å². The minimum atomic E-state index is -0.456. The molecule has 0 spiro atoms. The summed E-state index contributed by atoms with van der Waals surface area (Å²) in [5, 5.41) is 2.90. The third-order valence-electron chi connectivity index (χ3n) is 3.97. The number of amides is 1. The zero-order valence-corrected chi connectivity index (χ0v) is 13.3. The molecule has 1 aromatic carbocycles. The molecule has 0 saturated heterocycles. The van der Waals surface area contributed by atoms with Crippen LogP contribution in [0.25, 0.3) is 0 Å². The van der Waals surface area contributed by atoms with Gasteiger partial charge in [0.2, 0.25) is 0 Å². The van der Waals surface area contributed by atoms with Crippen LogP contribution in [0.2, 0.25) is 0 Å². The van der Waals surface area contributed by atoms with Crippen LogP contribution in [0, 0.1) is 0 Å². The summed E-state index contributed by atoms with van der Waals surface area (Å²) >= 11 is 0. The van der Waals surface area contributed by atoms with E-state index in [4.69, 9.17) is 4.74 Å². The highest BCUT2D eigenvalue weighted by molar-refractivity contribution is 6.02. The molecule has 0 aromatic heterocycles. The van der Waals surface area contributed by atoms with E-state index in [1.807, 2.05) is 12.1 Å². The first-order valence-corrected chi connectivity index (χ1v) is 7.89. The molecule has 0 fully saturated rings. The Bertz CT molecular complexity index is 482. The number of fused-ring (bicyclic) bond motifs is 1. The van der Waals surface area contributed by atoms with Crippen LogP contribution in [0.5, 0.6) is 0 Å². The van der Waals surface area contributed by atoms with E-state index in [2.05, 4.69) is 30.1 Å². The summed E-state index contributed by atoms with van der Waals surface area (Å²) in [6, 6.07) is 6.07. The highest BCUT2D eigenvalue weighted by Crippen LogP contribution is 2.35. The molecule has 1 heterocycles. The number of carbonyl (C=O) groups is 1. The minimum absolute atomic E-state index is 0.0566. The Morgan fingerprint density at radius 3 is 2.52 bits per heavy atom. The van der Waals surface area contributed by atoms with E-state index < -0.39 is 6.10 Å². The number of ether oxygens (including phenoxy) is 1. The summed E-state index contributed by atoms with van der Waals surface area (Å²) in [6.45, 7) is 7.73. The zero-order valence-electron chi connectivity index (χ0n) is 13.3. The number of nitrogens with one attached hydrogen (secondary N) is 1. The van der Waals surface area contributed by atoms with Crippen molar-refractivity contribution in [3.05, 3.63) is 29.3 Å². The Morgan fingerprint density at radius 2 is 1.90 bits per heavy atom. The second kappa shape index (κ2) is 7.57. The lowest BCUT2D eigenvalue weighted by Gasteiger charge is -2.22. The van der Waals surface area contributed by atoms with Gasteiger partial charge in [-0.05, 0) is 44.0 Å². The average Bonchev–Trinajstić information content (AvgIpc) is 2.81. The molecule has 0 aliphatic carbocycles. The van der Waals surface area contributed by atoms with E-state index in [0.717, 1.165) is 37.3 Å². The van der Waals surface area contributed by atoms with Crippen LogP contribution in [0.1, 0.15) is 43.9 Å². The number of anilines is 1. The van der Waals surface area contributed by atoms with E-state index in [1.165, 1.54) is 18.4 Å². The standard InChI is InChI=1S/C17H26N2O2/c1-4-10-19(11-5-2)12-9-13-7-6-8-14-15(13)16(21-3)17(20)18-14/h6-8,16H,4-5,9-12H2,1-3H3,(H,18,20)/t16-/m0/s1. The summed E-state index contributed by atoms with van der Waals surface area (Å²) in [6.07, 6.45) is 2.85. The Kier molecular flexibility index (Phi) is 5.76. The zero-order chi connectivity index (χ0) is 15.2. The molecule has 4 heteroatoms. The Hall–Kier alpha value is -1.39. The third kappa shape index (κ3) is 3.63. The lowest BCUT2D eigenvalue weighted by atomic mass is 10.00. The Labute approximate surface area is 127 Å². The van der Waals surface area contributed by atoms with Crippen molar-refractivity contribution in [2.75, 3.05) is 32.1 Å². The smallest absolute Gasteiger partial charge is 0.258 e. The van der Waals surface area contributed by atoms with Crippen LogP contribution in [0.3, 0.4) is 0 Å². The molecule has 0 saturated carbocycles. The average molecular weight is 290 g/mol. The van der Waals surface area contributed by atoms with Crippen LogP contribution >= 0.6 is 0 Å². The first kappa shape index (κ1) is 16.0. The van der Waals surface area contributed by atoms with E-state index in [9.17, 15) is 4.79 Å². The van der Waals surface area contributed by atoms with Crippen molar-refractivity contribution in [1.82, 2.24) is 4.90 Å². The number of hydrogen-bond acceptors (Lipinski definition) is 3. The van der Waals surface area contributed by atoms with Crippen molar-refractivity contribution in [1.29, 1.82) is 0 Å². The molecule has 1 aliphatic rings. The normalized spacial score (nSPS) is 17.1. The van der Waals surface area contributed by atoms with Gasteiger partial charge in [-0.3, -0.25) is 4.79 Å². The second-order valence-electron chi connectivity index (χ2n) is 5.58. The van der Waals surface area contributed by atoms with Gasteiger partial charge in [-0.15, -0.1) is 0 Å². The summed E-state index contributed by atoms with van der Waals surface area (Å²) in [7, 11) is 1.59. The molecule has 116 valence electrons. The van der Waals surface area contributed by atoms with Gasteiger partial charge in [0.25, 0.3) is 5.91 Å². The van der Waals surface area contributed by atoms with Crippen LogP contribution in [-0.2, 0) is 16.0 Å². The van der Waals surface area contributed by atoms with Crippen LogP contribution in [0.4, 0.5) is 5.69 Å². The fourth-order valence-electron chi connectivity index (χ4n) is 3.05. The summed E-state index contributed by atoms with van der Waals surface area (Å²) < 4.78 is 5.37. The van der Waals surface area contributed by atoms with E-state index >= 15 is 0 Å². The van der Waals surface area contributed by atoms with Gasteiger partial charge in [-0.2, -0.15) is 0 Å². The molecule has 1 aromatic rings. The lowest BCUT2D eigenvalue weighted by molar-refractivity contribution is -0.125. The molecule has 1 atom stereocenters. The maximum absolute atomic E-state index is 11.9. The number of methoxy groups -OCH3 is 1. The SMILES string of the molecule is CCCN(CCC)CCc1cccc2c1[C@H](OC)C(=O)N2. The number of rotatable bonds is 8. The van der Waals surface area contributed by atoms with Crippen molar-refractivity contribution >= 4 is 11.6 Å². The van der Waals surface area contributed by atoms with Gasteiger partial charge in [0.15, 0.2) is 6.10 Å². The Balaban J connectivity index is 2.11. The van der Waals surface area contributed by atoms with Crippen molar-refractivity contribution in [2.24, 2.45) is 0 Å². The van der Waals surface area contributed by atoms with Gasteiger partial charge in [0, 0.05) is 24.9 Å². The molecule has 1 amide bonds. The first-order chi connectivity index (χ1) is 10.2. The molecule has 1 aliphatic heterocycles. The van der Waals surface area contributed by atoms with Gasteiger partial charge in [0.1, 0.15) is 0 Å². The van der Waals surface area contributed by atoms with Gasteiger partial charge in [-0.25, -0.2) is 0 Å². The highest BCUT2D eigenvalue weighted by Gasteiger charge is 2.32. The number of hydrogen-bond donors (Lipinski definition) is 1.